The highest BCUT2D eigenvalue weighted by molar-refractivity contribution is 6.37. The molecule has 1 aromatic heterocycles. The molecule has 0 aliphatic carbocycles. The zero-order valence-corrected chi connectivity index (χ0v) is 22.3. The van der Waals surface area contributed by atoms with Gasteiger partial charge >= 0.3 is 18.2 Å². The third-order valence-electron chi connectivity index (χ3n) is 7.36. The van der Waals surface area contributed by atoms with E-state index in [0.29, 0.717) is 45.8 Å². The van der Waals surface area contributed by atoms with Crippen LogP contribution in [0.5, 0.6) is 5.75 Å². The second kappa shape index (κ2) is 10.5. The second-order valence-corrected chi connectivity index (χ2v) is 10.7. The van der Waals surface area contributed by atoms with Crippen molar-refractivity contribution in [3.05, 3.63) is 57.7 Å². The van der Waals surface area contributed by atoms with Crippen LogP contribution in [-0.4, -0.2) is 92.6 Å². The number of ether oxygens (including phenoxy) is 1. The van der Waals surface area contributed by atoms with Crippen LogP contribution < -0.4 is 9.64 Å². The van der Waals surface area contributed by atoms with Crippen LogP contribution in [0.3, 0.4) is 0 Å². The van der Waals surface area contributed by atoms with Crippen LogP contribution in [0.15, 0.2) is 36.5 Å². The molecule has 2 aromatic rings. The molecular weight excluding hydrogens is 551 g/mol. The highest BCUT2D eigenvalue weighted by atomic mass is 35.5. The van der Waals surface area contributed by atoms with Crippen molar-refractivity contribution in [2.75, 3.05) is 31.1 Å². The van der Waals surface area contributed by atoms with Gasteiger partial charge in [-0.2, -0.15) is 0 Å². The van der Waals surface area contributed by atoms with Crippen molar-refractivity contribution in [1.82, 2.24) is 14.8 Å². The van der Waals surface area contributed by atoms with E-state index < -0.39 is 36.2 Å². The van der Waals surface area contributed by atoms with Crippen LogP contribution in [0.1, 0.15) is 17.5 Å². The number of fused-ring (bicyclic) bond motifs is 2. The predicted octanol–water partition coefficient (Wildman–Crippen LogP) is 4.16. The summed E-state index contributed by atoms with van der Waals surface area (Å²) in [5.74, 6) is -1.36. The van der Waals surface area contributed by atoms with Gasteiger partial charge in [-0.3, -0.25) is 9.69 Å². The maximum atomic E-state index is 12.3. The Hall–Kier alpha value is -3.70. The van der Waals surface area contributed by atoms with E-state index in [2.05, 4.69) is 4.98 Å². The highest BCUT2D eigenvalue weighted by Gasteiger charge is 2.49. The lowest BCUT2D eigenvalue weighted by molar-refractivity contribution is -0.142. The zero-order valence-electron chi connectivity index (χ0n) is 20.8. The first-order chi connectivity index (χ1) is 18.5. The minimum Gasteiger partial charge on any atom is -0.485 e. The van der Waals surface area contributed by atoms with Crippen molar-refractivity contribution < 1.29 is 34.4 Å². The summed E-state index contributed by atoms with van der Waals surface area (Å²) in [6.07, 6.45) is 1.17. The Bertz CT molecular complexity index is 1330. The number of nitrogens with zero attached hydrogens (tertiary/aromatic N) is 4. The van der Waals surface area contributed by atoms with Crippen molar-refractivity contribution in [1.29, 1.82) is 0 Å². The van der Waals surface area contributed by atoms with Gasteiger partial charge in [0.1, 0.15) is 17.8 Å². The highest BCUT2D eigenvalue weighted by Crippen LogP contribution is 2.39. The number of benzene rings is 1. The molecule has 2 bridgehead atoms. The van der Waals surface area contributed by atoms with Crippen LogP contribution in [0, 0.1) is 12.8 Å². The molecule has 11 nitrogen and oxygen atoms in total. The number of hydrogen-bond acceptors (Lipinski definition) is 6. The molecule has 4 heterocycles. The Balaban J connectivity index is 1.35. The SMILES string of the molecule is Cc1cc(Cl)c(O[C@@H]2CCN(c3ccc(C4=C[C@H]5CN(C(=O)O)C[C@@H](C4C(=O)O)N5C(=O)O)cn3)C2)c(Cl)c1. The Morgan fingerprint density at radius 2 is 1.74 bits per heavy atom. The first-order valence-electron chi connectivity index (χ1n) is 12.3. The molecule has 3 aliphatic heterocycles. The van der Waals surface area contributed by atoms with Gasteiger partial charge in [0.2, 0.25) is 0 Å². The molecule has 1 aromatic carbocycles. The van der Waals surface area contributed by atoms with Gasteiger partial charge in [-0.1, -0.05) is 29.3 Å². The number of amides is 2. The number of aryl methyl sites for hydroxylation is 1. The van der Waals surface area contributed by atoms with Crippen molar-refractivity contribution in [2.45, 2.75) is 31.5 Å². The van der Waals surface area contributed by atoms with E-state index in [0.717, 1.165) is 21.8 Å². The molecule has 13 heteroatoms. The molecule has 4 atom stereocenters. The van der Waals surface area contributed by atoms with Crippen molar-refractivity contribution in [3.63, 3.8) is 0 Å². The van der Waals surface area contributed by atoms with Gasteiger partial charge in [-0.05, 0) is 47.9 Å². The lowest BCUT2D eigenvalue weighted by atomic mass is 9.79. The van der Waals surface area contributed by atoms with E-state index in [-0.39, 0.29) is 19.2 Å². The lowest BCUT2D eigenvalue weighted by Crippen LogP contribution is -2.65. The molecule has 3 aliphatic rings. The number of carbonyl (C=O) groups is 3. The largest absolute Gasteiger partial charge is 0.485 e. The Morgan fingerprint density at radius 1 is 1.03 bits per heavy atom. The monoisotopic (exact) mass is 576 g/mol. The third kappa shape index (κ3) is 5.16. The summed E-state index contributed by atoms with van der Waals surface area (Å²) in [5.41, 5.74) is 1.90. The number of carboxylic acid groups (broad SMARTS) is 3. The van der Waals surface area contributed by atoms with E-state index in [9.17, 15) is 29.7 Å². The number of piperazine rings is 1. The standard InChI is InChI=1S/C26H26Cl2N4O7/c1-13-6-18(27)23(19(28)7-13)39-16-4-5-30(11-16)21-3-2-14(9-29-21)17-8-15-10-31(25(35)36)12-20(22(17)24(33)34)32(15)26(37)38/h2-3,6-9,15-16,20,22H,4-5,10-12H2,1H3,(H,33,34)(H,35,36)(H,37,38)/t15-,16+,20-,22?/m0/s1. The predicted molar refractivity (Wildman–Crippen MR) is 143 cm³/mol. The normalized spacial score (nSPS) is 24.4. The number of hydrogen-bond donors (Lipinski definition) is 3. The number of halogens is 2. The van der Waals surface area contributed by atoms with Crippen LogP contribution >= 0.6 is 23.2 Å². The number of aromatic nitrogens is 1. The Morgan fingerprint density at radius 3 is 2.33 bits per heavy atom. The lowest BCUT2D eigenvalue weighted by Gasteiger charge is -2.49. The van der Waals surface area contributed by atoms with Crippen LogP contribution in [0.25, 0.3) is 5.57 Å². The summed E-state index contributed by atoms with van der Waals surface area (Å²) in [5, 5.41) is 30.1. The average molecular weight is 577 g/mol. The number of carboxylic acids is 1. The van der Waals surface area contributed by atoms with E-state index >= 15 is 0 Å². The Labute approximate surface area is 233 Å². The molecule has 39 heavy (non-hydrogen) atoms. The fourth-order valence-corrected chi connectivity index (χ4v) is 6.31. The van der Waals surface area contributed by atoms with Gasteiger partial charge in [0.15, 0.2) is 5.75 Å². The van der Waals surface area contributed by atoms with Crippen molar-refractivity contribution in [2.24, 2.45) is 5.92 Å². The van der Waals surface area contributed by atoms with E-state index in [1.54, 1.807) is 30.5 Å². The summed E-state index contributed by atoms with van der Waals surface area (Å²) in [4.78, 5) is 44.5. The van der Waals surface area contributed by atoms with Gasteiger partial charge in [0, 0.05) is 32.3 Å². The molecule has 2 amide bonds. The van der Waals surface area contributed by atoms with Gasteiger partial charge in [0.25, 0.3) is 0 Å². The van der Waals surface area contributed by atoms with E-state index in [1.807, 2.05) is 11.8 Å². The van der Waals surface area contributed by atoms with E-state index in [1.165, 1.54) is 6.08 Å². The molecule has 0 saturated carbocycles. The minimum atomic E-state index is -1.29. The summed E-state index contributed by atoms with van der Waals surface area (Å²) in [7, 11) is 0. The fraction of sp³-hybridized carbons (Fsp3) is 0.385. The number of pyridine rings is 1. The molecule has 2 saturated heterocycles. The number of anilines is 1. The molecule has 206 valence electrons. The van der Waals surface area contributed by atoms with Crippen LogP contribution in [0.4, 0.5) is 15.4 Å². The number of aliphatic carboxylic acids is 1. The van der Waals surface area contributed by atoms with Gasteiger partial charge < -0.3 is 29.9 Å². The van der Waals surface area contributed by atoms with Gasteiger partial charge in [-0.15, -0.1) is 0 Å². The molecule has 5 rings (SSSR count). The third-order valence-corrected chi connectivity index (χ3v) is 7.92. The van der Waals surface area contributed by atoms with Crippen LogP contribution in [0.2, 0.25) is 10.0 Å². The summed E-state index contributed by atoms with van der Waals surface area (Å²) >= 11 is 12.7. The summed E-state index contributed by atoms with van der Waals surface area (Å²) in [6, 6.07) is 5.26. The summed E-state index contributed by atoms with van der Waals surface area (Å²) < 4.78 is 6.09. The van der Waals surface area contributed by atoms with Gasteiger partial charge in [-0.25, -0.2) is 14.6 Å². The molecule has 3 N–H and O–H groups in total. The maximum absolute atomic E-state index is 12.3. The van der Waals surface area contributed by atoms with Crippen molar-refractivity contribution in [3.8, 4) is 5.75 Å². The summed E-state index contributed by atoms with van der Waals surface area (Å²) in [6.45, 7) is 2.82. The molecule has 2 fully saturated rings. The average Bonchev–Trinajstić information content (AvgIpc) is 3.33. The quantitative estimate of drug-likeness (QED) is 0.477. The molecule has 0 radical (unpaired) electrons. The minimum absolute atomic E-state index is 0.0797. The molecular formula is C26H26Cl2N4O7. The molecule has 0 spiro atoms. The Kier molecular flexibility index (Phi) is 7.21. The topological polar surface area (TPSA) is 144 Å². The van der Waals surface area contributed by atoms with Gasteiger partial charge in [0.05, 0.1) is 28.7 Å². The zero-order chi connectivity index (χ0) is 28.0. The smallest absolute Gasteiger partial charge is 0.408 e. The first kappa shape index (κ1) is 26.9. The maximum Gasteiger partial charge on any atom is 0.408 e. The fourth-order valence-electron chi connectivity index (χ4n) is 5.62. The van der Waals surface area contributed by atoms with Crippen molar-refractivity contribution >= 4 is 52.7 Å². The van der Waals surface area contributed by atoms with E-state index in [4.69, 9.17) is 27.9 Å². The second-order valence-electron chi connectivity index (χ2n) is 9.89. The van der Waals surface area contributed by atoms with Crippen LogP contribution in [-0.2, 0) is 4.79 Å². The number of rotatable bonds is 5. The first-order valence-corrected chi connectivity index (χ1v) is 13.1. The molecule has 1 unspecified atom stereocenters.